The number of carboxylic acid groups (broad SMARTS) is 1. The summed E-state index contributed by atoms with van der Waals surface area (Å²) in [6, 6.07) is 3.28. The van der Waals surface area contributed by atoms with Crippen molar-refractivity contribution in [3.8, 4) is 0 Å². The fourth-order valence-electron chi connectivity index (χ4n) is 1.72. The van der Waals surface area contributed by atoms with Crippen LogP contribution in [0.1, 0.15) is 39.9 Å². The normalized spacial score (nSPS) is 13.9. The lowest BCUT2D eigenvalue weighted by atomic mass is 9.95. The minimum absolute atomic E-state index is 0.0308. The fraction of sp³-hybridized carbons (Fsp3) is 0.467. The first-order chi connectivity index (χ1) is 9.24. The molecule has 1 aromatic rings. The molecule has 0 aliphatic carbocycles. The maximum Gasteiger partial charge on any atom is 0.332 e. The molecule has 1 unspecified atom stereocenters. The van der Waals surface area contributed by atoms with Crippen molar-refractivity contribution in [1.82, 2.24) is 0 Å². The molecule has 1 aromatic heterocycles. The Morgan fingerprint density at radius 2 is 2.10 bits per heavy atom. The summed E-state index contributed by atoms with van der Waals surface area (Å²) in [6.45, 7) is 6.98. The van der Waals surface area contributed by atoms with E-state index in [1.54, 1.807) is 39.8 Å². The number of carboxylic acids is 1. The molecule has 20 heavy (non-hydrogen) atoms. The molecule has 1 heterocycles. The molecule has 5 nitrogen and oxygen atoms in total. The van der Waals surface area contributed by atoms with Gasteiger partial charge in [-0.2, -0.15) is 0 Å². The molecular weight excluding hydrogens is 260 g/mol. The maximum atomic E-state index is 12.1. The summed E-state index contributed by atoms with van der Waals surface area (Å²) in [5, 5.41) is 9.30. The highest BCUT2D eigenvalue weighted by Crippen LogP contribution is 2.23. The minimum Gasteiger partial charge on any atom is -0.478 e. The van der Waals surface area contributed by atoms with Crippen molar-refractivity contribution in [3.05, 3.63) is 29.7 Å². The summed E-state index contributed by atoms with van der Waals surface area (Å²) in [5.74, 6) is -2.12. The van der Waals surface area contributed by atoms with Crippen molar-refractivity contribution in [2.24, 2.45) is 5.92 Å². The van der Waals surface area contributed by atoms with Crippen molar-refractivity contribution in [2.75, 3.05) is 0 Å². The first-order valence-electron chi connectivity index (χ1n) is 6.46. The second kappa shape index (κ2) is 6.41. The van der Waals surface area contributed by atoms with Gasteiger partial charge in [-0.3, -0.25) is 4.79 Å². The third-order valence-electron chi connectivity index (χ3n) is 2.56. The second-order valence-electron chi connectivity index (χ2n) is 5.41. The monoisotopic (exact) mass is 280 g/mol. The Labute approximate surface area is 118 Å². The SMILES string of the molecule is CCC(C(=O)OC(C)(C)C)/C(=C\c1ccco1)C(=O)O. The molecule has 0 fully saturated rings. The number of hydrogen-bond donors (Lipinski definition) is 1. The van der Waals surface area contributed by atoms with Gasteiger partial charge in [0.25, 0.3) is 0 Å². The largest absolute Gasteiger partial charge is 0.478 e. The Morgan fingerprint density at radius 1 is 1.45 bits per heavy atom. The third-order valence-corrected chi connectivity index (χ3v) is 2.56. The molecule has 0 spiro atoms. The highest BCUT2D eigenvalue weighted by Gasteiger charge is 2.30. The number of ether oxygens (including phenoxy) is 1. The predicted octanol–water partition coefficient (Wildman–Crippen LogP) is 3.12. The highest BCUT2D eigenvalue weighted by molar-refractivity contribution is 5.98. The topological polar surface area (TPSA) is 76.7 Å². The van der Waals surface area contributed by atoms with E-state index in [0.29, 0.717) is 12.2 Å². The van der Waals surface area contributed by atoms with Crippen LogP contribution < -0.4 is 0 Å². The van der Waals surface area contributed by atoms with Gasteiger partial charge in [-0.05, 0) is 45.4 Å². The van der Waals surface area contributed by atoms with Crippen LogP contribution in [0.25, 0.3) is 6.08 Å². The van der Waals surface area contributed by atoms with Crippen LogP contribution in [0.2, 0.25) is 0 Å². The zero-order chi connectivity index (χ0) is 15.3. The summed E-state index contributed by atoms with van der Waals surface area (Å²) in [7, 11) is 0. The van der Waals surface area contributed by atoms with Crippen LogP contribution in [-0.4, -0.2) is 22.6 Å². The molecule has 5 heteroatoms. The van der Waals surface area contributed by atoms with Crippen LogP contribution in [0.5, 0.6) is 0 Å². The highest BCUT2D eigenvalue weighted by atomic mass is 16.6. The summed E-state index contributed by atoms with van der Waals surface area (Å²) >= 11 is 0. The first kappa shape index (κ1) is 16.0. The van der Waals surface area contributed by atoms with E-state index in [-0.39, 0.29) is 5.57 Å². The van der Waals surface area contributed by atoms with Crippen LogP contribution in [0.15, 0.2) is 28.4 Å². The lowest BCUT2D eigenvalue weighted by Gasteiger charge is -2.23. The van der Waals surface area contributed by atoms with Crippen molar-refractivity contribution in [2.45, 2.75) is 39.7 Å². The molecule has 1 rings (SSSR count). The number of esters is 1. The van der Waals surface area contributed by atoms with Gasteiger partial charge < -0.3 is 14.3 Å². The molecule has 0 amide bonds. The molecule has 0 saturated carbocycles. The summed E-state index contributed by atoms with van der Waals surface area (Å²) in [5.41, 5.74) is -0.685. The van der Waals surface area contributed by atoms with E-state index in [9.17, 15) is 14.7 Å². The molecule has 110 valence electrons. The standard InChI is InChI=1S/C15H20O5/c1-5-11(14(18)20-15(2,3)4)12(13(16)17)9-10-7-6-8-19-10/h6-9,11H,5H2,1-4H3,(H,16,17)/b12-9+. The Balaban J connectivity index is 3.05. The van der Waals surface area contributed by atoms with Gasteiger partial charge in [-0.15, -0.1) is 0 Å². The number of carbonyl (C=O) groups is 2. The molecule has 0 aliphatic rings. The lowest BCUT2D eigenvalue weighted by Crippen LogP contribution is -2.31. The van der Waals surface area contributed by atoms with Crippen LogP contribution >= 0.6 is 0 Å². The zero-order valence-electron chi connectivity index (χ0n) is 12.2. The molecule has 0 radical (unpaired) electrons. The Bertz CT molecular complexity index is 491. The summed E-state index contributed by atoms with van der Waals surface area (Å²) in [4.78, 5) is 23.5. The van der Waals surface area contributed by atoms with E-state index >= 15 is 0 Å². The Hall–Kier alpha value is -2.04. The smallest absolute Gasteiger partial charge is 0.332 e. The number of hydrogen-bond acceptors (Lipinski definition) is 4. The maximum absolute atomic E-state index is 12.1. The summed E-state index contributed by atoms with van der Waals surface area (Å²) < 4.78 is 10.4. The van der Waals surface area contributed by atoms with E-state index in [1.165, 1.54) is 12.3 Å². The summed E-state index contributed by atoms with van der Waals surface area (Å²) in [6.07, 6.45) is 3.15. The predicted molar refractivity (Wildman–Crippen MR) is 73.9 cm³/mol. The number of aliphatic carboxylic acids is 1. The van der Waals surface area contributed by atoms with E-state index in [1.807, 2.05) is 0 Å². The van der Waals surface area contributed by atoms with E-state index in [0.717, 1.165) is 0 Å². The van der Waals surface area contributed by atoms with Crippen LogP contribution in [-0.2, 0) is 14.3 Å². The minimum atomic E-state index is -1.15. The first-order valence-corrected chi connectivity index (χ1v) is 6.46. The van der Waals surface area contributed by atoms with Crippen LogP contribution in [0.4, 0.5) is 0 Å². The van der Waals surface area contributed by atoms with Crippen molar-refractivity contribution in [3.63, 3.8) is 0 Å². The van der Waals surface area contributed by atoms with Crippen molar-refractivity contribution in [1.29, 1.82) is 0 Å². The van der Waals surface area contributed by atoms with Crippen LogP contribution in [0.3, 0.4) is 0 Å². The van der Waals surface area contributed by atoms with Gasteiger partial charge in [0.05, 0.1) is 17.8 Å². The van der Waals surface area contributed by atoms with Crippen molar-refractivity contribution < 1.29 is 23.8 Å². The molecule has 0 aliphatic heterocycles. The van der Waals surface area contributed by atoms with Gasteiger partial charge in [0.15, 0.2) is 0 Å². The van der Waals surface area contributed by atoms with E-state index in [4.69, 9.17) is 9.15 Å². The van der Waals surface area contributed by atoms with Gasteiger partial charge >= 0.3 is 11.9 Å². The second-order valence-corrected chi connectivity index (χ2v) is 5.41. The molecule has 0 saturated heterocycles. The van der Waals surface area contributed by atoms with E-state index < -0.39 is 23.5 Å². The quantitative estimate of drug-likeness (QED) is 0.662. The average Bonchev–Trinajstić information content (AvgIpc) is 2.78. The number of rotatable bonds is 5. The average molecular weight is 280 g/mol. The van der Waals surface area contributed by atoms with Gasteiger partial charge in [-0.1, -0.05) is 6.92 Å². The van der Waals surface area contributed by atoms with Crippen molar-refractivity contribution >= 4 is 18.0 Å². The molecule has 0 aromatic carbocycles. The number of carbonyl (C=O) groups excluding carboxylic acids is 1. The lowest BCUT2D eigenvalue weighted by molar-refractivity contribution is -0.160. The molecule has 1 atom stereocenters. The van der Waals surface area contributed by atoms with Gasteiger partial charge in [0.1, 0.15) is 11.4 Å². The Kier molecular flexibility index (Phi) is 5.13. The van der Waals surface area contributed by atoms with Crippen LogP contribution in [0, 0.1) is 5.92 Å². The van der Waals surface area contributed by atoms with Gasteiger partial charge in [0, 0.05) is 0 Å². The van der Waals surface area contributed by atoms with Gasteiger partial charge in [0.2, 0.25) is 0 Å². The van der Waals surface area contributed by atoms with Gasteiger partial charge in [-0.25, -0.2) is 4.79 Å². The molecular formula is C15H20O5. The Morgan fingerprint density at radius 3 is 2.50 bits per heavy atom. The molecule has 1 N–H and O–H groups in total. The number of furan rings is 1. The zero-order valence-corrected chi connectivity index (χ0v) is 12.2. The molecule has 0 bridgehead atoms. The third kappa shape index (κ3) is 4.57. The fourth-order valence-corrected chi connectivity index (χ4v) is 1.72. The van der Waals surface area contributed by atoms with E-state index in [2.05, 4.69) is 0 Å².